The molecule has 0 aliphatic heterocycles. The van der Waals surface area contributed by atoms with Crippen LogP contribution < -0.4 is 19.9 Å². The van der Waals surface area contributed by atoms with Crippen molar-refractivity contribution in [2.45, 2.75) is 0 Å². The molecule has 0 aliphatic carbocycles. The number of benzene rings is 2. The van der Waals surface area contributed by atoms with Crippen molar-refractivity contribution < 1.29 is 9.53 Å². The zero-order valence-electron chi connectivity index (χ0n) is 22.9. The Morgan fingerprint density at radius 3 is 2.58 bits per heavy atom. The van der Waals surface area contributed by atoms with Crippen LogP contribution >= 0.6 is 0 Å². The van der Waals surface area contributed by atoms with Crippen molar-refractivity contribution in [3.63, 3.8) is 0 Å². The van der Waals surface area contributed by atoms with Gasteiger partial charge in [-0.05, 0) is 38.4 Å². The van der Waals surface area contributed by atoms with Gasteiger partial charge in [-0.15, -0.1) is 0 Å². The maximum atomic E-state index is 12.3. The number of para-hydroxylation sites is 1. The molecule has 9 heteroatoms. The van der Waals surface area contributed by atoms with E-state index in [0.717, 1.165) is 40.9 Å². The van der Waals surface area contributed by atoms with Gasteiger partial charge in [-0.2, -0.15) is 0 Å². The van der Waals surface area contributed by atoms with Gasteiger partial charge in [-0.25, -0.2) is 9.97 Å². The van der Waals surface area contributed by atoms with Crippen molar-refractivity contribution >= 4 is 39.8 Å². The molecule has 0 saturated heterocycles. The quantitative estimate of drug-likeness (QED) is 0.312. The van der Waals surface area contributed by atoms with E-state index in [0.29, 0.717) is 23.1 Å². The predicted octanol–water partition coefficient (Wildman–Crippen LogP) is 4.53. The van der Waals surface area contributed by atoms with E-state index in [-0.39, 0.29) is 5.91 Å². The average molecular weight is 514 g/mol. The standard InChI is InChI=1S/C29H35N7O2/c1-8-28(37)31-23-17-26(27(38-7)18-25(23)34(4)16-15-33(2)3)36(6)29-30-14-13-22(32-29)21-19-35(5)24-12-10-9-11-20(21)24/h8-14,17-19H,1,15-16H2,2-7H3,(H,31,37). The van der Waals surface area contributed by atoms with Crippen LogP contribution in [0.1, 0.15) is 0 Å². The average Bonchev–Trinajstić information content (AvgIpc) is 3.27. The molecule has 9 nitrogen and oxygen atoms in total. The van der Waals surface area contributed by atoms with Gasteiger partial charge in [0.1, 0.15) is 5.75 Å². The molecule has 0 radical (unpaired) electrons. The fourth-order valence-electron chi connectivity index (χ4n) is 4.37. The number of ether oxygens (including phenoxy) is 1. The number of hydrogen-bond donors (Lipinski definition) is 1. The Morgan fingerprint density at radius 1 is 1.11 bits per heavy atom. The molecule has 2 aromatic heterocycles. The van der Waals surface area contributed by atoms with Gasteiger partial charge in [0.2, 0.25) is 11.9 Å². The number of amides is 1. The highest BCUT2D eigenvalue weighted by Gasteiger charge is 2.20. The molecule has 0 spiro atoms. The van der Waals surface area contributed by atoms with E-state index in [1.165, 1.54) is 6.08 Å². The lowest BCUT2D eigenvalue weighted by Crippen LogP contribution is -2.29. The second kappa shape index (κ2) is 11.4. The first-order valence-electron chi connectivity index (χ1n) is 12.4. The van der Waals surface area contributed by atoms with E-state index < -0.39 is 0 Å². The zero-order valence-corrected chi connectivity index (χ0v) is 22.9. The summed E-state index contributed by atoms with van der Waals surface area (Å²) in [6.45, 7) is 5.22. The number of likely N-dealkylation sites (N-methyl/N-ethyl adjacent to an activating group) is 2. The summed E-state index contributed by atoms with van der Waals surface area (Å²) in [6, 6.07) is 14.0. The van der Waals surface area contributed by atoms with Gasteiger partial charge in [0.25, 0.3) is 0 Å². The van der Waals surface area contributed by atoms with E-state index in [1.807, 2.05) is 70.5 Å². The summed E-state index contributed by atoms with van der Waals surface area (Å²) >= 11 is 0. The summed E-state index contributed by atoms with van der Waals surface area (Å²) in [4.78, 5) is 27.8. The molecule has 0 unspecified atom stereocenters. The number of nitrogens with zero attached hydrogens (tertiary/aromatic N) is 6. The molecule has 198 valence electrons. The minimum atomic E-state index is -0.291. The summed E-state index contributed by atoms with van der Waals surface area (Å²) in [5.74, 6) is 0.846. The monoisotopic (exact) mass is 513 g/mol. The molecular formula is C29H35N7O2. The van der Waals surface area contributed by atoms with Crippen LogP contribution in [-0.4, -0.2) is 73.7 Å². The van der Waals surface area contributed by atoms with Crippen LogP contribution in [0, 0.1) is 0 Å². The highest BCUT2D eigenvalue weighted by Crippen LogP contribution is 2.40. The summed E-state index contributed by atoms with van der Waals surface area (Å²) < 4.78 is 7.89. The van der Waals surface area contributed by atoms with Crippen LogP contribution in [0.2, 0.25) is 0 Å². The Morgan fingerprint density at radius 2 is 1.87 bits per heavy atom. The molecule has 2 heterocycles. The lowest BCUT2D eigenvalue weighted by molar-refractivity contribution is -0.111. The maximum Gasteiger partial charge on any atom is 0.247 e. The smallest absolute Gasteiger partial charge is 0.247 e. The maximum absolute atomic E-state index is 12.3. The van der Waals surface area contributed by atoms with Gasteiger partial charge in [0.05, 0.1) is 29.9 Å². The van der Waals surface area contributed by atoms with Crippen molar-refractivity contribution in [3.05, 3.63) is 67.5 Å². The molecule has 0 aliphatic rings. The van der Waals surface area contributed by atoms with Crippen LogP contribution in [-0.2, 0) is 11.8 Å². The largest absolute Gasteiger partial charge is 0.494 e. The number of rotatable bonds is 10. The first-order chi connectivity index (χ1) is 18.2. The first kappa shape index (κ1) is 26.7. The Balaban J connectivity index is 1.76. The molecule has 0 bridgehead atoms. The van der Waals surface area contributed by atoms with Crippen LogP contribution in [0.5, 0.6) is 5.75 Å². The van der Waals surface area contributed by atoms with E-state index in [1.54, 1.807) is 13.3 Å². The number of hydrogen-bond acceptors (Lipinski definition) is 7. The Kier molecular flexibility index (Phi) is 7.97. The lowest BCUT2D eigenvalue weighted by atomic mass is 10.1. The molecule has 0 saturated carbocycles. The fraction of sp³-hybridized carbons (Fsp3) is 0.276. The molecule has 2 aromatic carbocycles. The van der Waals surface area contributed by atoms with E-state index >= 15 is 0 Å². The first-order valence-corrected chi connectivity index (χ1v) is 12.4. The molecular weight excluding hydrogens is 478 g/mol. The molecule has 0 fully saturated rings. The van der Waals surface area contributed by atoms with Crippen LogP contribution in [0.25, 0.3) is 22.2 Å². The van der Waals surface area contributed by atoms with Gasteiger partial charge in [-0.1, -0.05) is 24.8 Å². The van der Waals surface area contributed by atoms with E-state index in [4.69, 9.17) is 9.72 Å². The highest BCUT2D eigenvalue weighted by molar-refractivity contribution is 6.02. The SMILES string of the molecule is C=CC(=O)Nc1cc(N(C)c2nccc(-c3cn(C)c4ccccc34)n2)c(OC)cc1N(C)CCN(C)C. The number of anilines is 4. The van der Waals surface area contributed by atoms with Crippen molar-refractivity contribution in [2.24, 2.45) is 7.05 Å². The third kappa shape index (κ3) is 5.47. The molecule has 4 aromatic rings. The van der Waals surface area contributed by atoms with Gasteiger partial charge < -0.3 is 29.3 Å². The summed E-state index contributed by atoms with van der Waals surface area (Å²) in [5.41, 5.74) is 5.17. The predicted molar refractivity (Wildman–Crippen MR) is 156 cm³/mol. The Bertz CT molecular complexity index is 1460. The second-order valence-electron chi connectivity index (χ2n) is 9.43. The number of aromatic nitrogens is 3. The molecule has 1 amide bonds. The van der Waals surface area contributed by atoms with Crippen molar-refractivity contribution in [3.8, 4) is 17.0 Å². The summed E-state index contributed by atoms with van der Waals surface area (Å²) in [7, 11) is 11.6. The Hall–Kier alpha value is -4.37. The third-order valence-corrected chi connectivity index (χ3v) is 6.51. The lowest BCUT2D eigenvalue weighted by Gasteiger charge is -2.27. The number of carbonyl (C=O) groups excluding carboxylic acids is 1. The summed E-state index contributed by atoms with van der Waals surface area (Å²) in [6.07, 6.45) is 5.10. The normalized spacial score (nSPS) is 11.0. The van der Waals surface area contributed by atoms with Crippen molar-refractivity contribution in [1.29, 1.82) is 0 Å². The number of carbonyl (C=O) groups is 1. The minimum Gasteiger partial charge on any atom is -0.494 e. The Labute approximate surface area is 224 Å². The van der Waals surface area contributed by atoms with E-state index in [9.17, 15) is 4.79 Å². The van der Waals surface area contributed by atoms with Gasteiger partial charge >= 0.3 is 0 Å². The van der Waals surface area contributed by atoms with Gasteiger partial charge in [0.15, 0.2) is 0 Å². The second-order valence-corrected chi connectivity index (χ2v) is 9.43. The number of fused-ring (bicyclic) bond motifs is 1. The number of nitrogens with one attached hydrogen (secondary N) is 1. The van der Waals surface area contributed by atoms with Crippen LogP contribution in [0.3, 0.4) is 0 Å². The zero-order chi connectivity index (χ0) is 27.4. The molecule has 1 N–H and O–H groups in total. The molecule has 38 heavy (non-hydrogen) atoms. The molecule has 4 rings (SSSR count). The summed E-state index contributed by atoms with van der Waals surface area (Å²) in [5, 5.41) is 4.07. The topological polar surface area (TPSA) is 78.8 Å². The number of aryl methyl sites for hydroxylation is 1. The highest BCUT2D eigenvalue weighted by atomic mass is 16.5. The van der Waals surface area contributed by atoms with Crippen molar-refractivity contribution in [2.75, 3.05) is 63.5 Å². The minimum absolute atomic E-state index is 0.291. The van der Waals surface area contributed by atoms with Gasteiger partial charge in [0, 0.05) is 69.2 Å². The van der Waals surface area contributed by atoms with Crippen LogP contribution in [0.4, 0.5) is 23.0 Å². The van der Waals surface area contributed by atoms with Gasteiger partial charge in [-0.3, -0.25) is 4.79 Å². The number of methoxy groups -OCH3 is 1. The third-order valence-electron chi connectivity index (χ3n) is 6.51. The van der Waals surface area contributed by atoms with Crippen LogP contribution in [0.15, 0.2) is 67.5 Å². The van der Waals surface area contributed by atoms with E-state index in [2.05, 4.69) is 49.6 Å². The van der Waals surface area contributed by atoms with Crippen molar-refractivity contribution in [1.82, 2.24) is 19.4 Å². The molecule has 0 atom stereocenters. The fourth-order valence-corrected chi connectivity index (χ4v) is 4.37.